The van der Waals surface area contributed by atoms with Crippen LogP contribution in [0.15, 0.2) is 34.7 Å². The molecule has 116 valence electrons. The number of aromatic nitrogens is 1. The first-order valence-electron chi connectivity index (χ1n) is 6.69. The number of rotatable bonds is 6. The standard InChI is InChI=1S/C15H16N2O3S2/c1-9(2)8-21-15-17-11-4-3-10(7-12(11)22-15)16-13(18)5-6-14(19)20/h3-7,9H,8H2,1-2H3,(H,16,18)(H,19,20). The van der Waals surface area contributed by atoms with E-state index < -0.39 is 11.9 Å². The van der Waals surface area contributed by atoms with Crippen molar-refractivity contribution in [2.24, 2.45) is 5.92 Å². The molecule has 0 atom stereocenters. The van der Waals surface area contributed by atoms with Crippen LogP contribution in [-0.4, -0.2) is 27.7 Å². The van der Waals surface area contributed by atoms with Crippen molar-refractivity contribution in [3.63, 3.8) is 0 Å². The molecule has 0 radical (unpaired) electrons. The molecule has 0 aliphatic rings. The van der Waals surface area contributed by atoms with Gasteiger partial charge in [0.1, 0.15) is 0 Å². The molecule has 0 unspecified atom stereocenters. The Morgan fingerprint density at radius 2 is 2.18 bits per heavy atom. The molecule has 1 aromatic heterocycles. The minimum Gasteiger partial charge on any atom is -0.478 e. The number of fused-ring (bicyclic) bond motifs is 1. The number of hydrogen-bond acceptors (Lipinski definition) is 5. The van der Waals surface area contributed by atoms with Crippen molar-refractivity contribution in [2.45, 2.75) is 18.2 Å². The molecule has 0 bridgehead atoms. The van der Waals surface area contributed by atoms with Gasteiger partial charge in [0.05, 0.1) is 10.2 Å². The molecule has 5 nitrogen and oxygen atoms in total. The smallest absolute Gasteiger partial charge is 0.328 e. The van der Waals surface area contributed by atoms with Crippen molar-refractivity contribution in [3.05, 3.63) is 30.4 Å². The van der Waals surface area contributed by atoms with Crippen LogP contribution in [0, 0.1) is 5.92 Å². The van der Waals surface area contributed by atoms with E-state index in [-0.39, 0.29) is 0 Å². The lowest BCUT2D eigenvalue weighted by atomic mass is 10.3. The van der Waals surface area contributed by atoms with Gasteiger partial charge in [-0.1, -0.05) is 25.6 Å². The van der Waals surface area contributed by atoms with Crippen molar-refractivity contribution in [2.75, 3.05) is 11.1 Å². The van der Waals surface area contributed by atoms with Crippen molar-refractivity contribution in [1.29, 1.82) is 0 Å². The van der Waals surface area contributed by atoms with E-state index in [4.69, 9.17) is 5.11 Å². The van der Waals surface area contributed by atoms with E-state index in [1.54, 1.807) is 29.2 Å². The first-order chi connectivity index (χ1) is 10.4. The number of nitrogens with zero attached hydrogens (tertiary/aromatic N) is 1. The number of carboxylic acid groups (broad SMARTS) is 1. The highest BCUT2D eigenvalue weighted by atomic mass is 32.2. The number of thiazole rings is 1. The summed E-state index contributed by atoms with van der Waals surface area (Å²) >= 11 is 3.32. The van der Waals surface area contributed by atoms with Crippen molar-refractivity contribution < 1.29 is 14.7 Å². The summed E-state index contributed by atoms with van der Waals surface area (Å²) in [4.78, 5) is 26.5. The molecule has 0 aliphatic carbocycles. The summed E-state index contributed by atoms with van der Waals surface area (Å²) in [6.07, 6.45) is 1.80. The van der Waals surface area contributed by atoms with Gasteiger partial charge in [-0.05, 0) is 24.1 Å². The maximum atomic E-state index is 11.6. The summed E-state index contributed by atoms with van der Waals surface area (Å²) in [5, 5.41) is 11.1. The van der Waals surface area contributed by atoms with E-state index >= 15 is 0 Å². The number of carbonyl (C=O) groups is 2. The molecular formula is C15H16N2O3S2. The molecule has 0 fully saturated rings. The Morgan fingerprint density at radius 1 is 1.41 bits per heavy atom. The third-order valence-electron chi connectivity index (χ3n) is 2.55. The SMILES string of the molecule is CC(C)CSc1nc2ccc(NC(=O)C=CC(=O)O)cc2s1. The molecule has 0 saturated heterocycles. The van der Waals surface area contributed by atoms with Gasteiger partial charge in [-0.15, -0.1) is 11.3 Å². The average molecular weight is 336 g/mol. The highest BCUT2D eigenvalue weighted by Gasteiger charge is 2.07. The average Bonchev–Trinajstić information content (AvgIpc) is 2.85. The zero-order valence-electron chi connectivity index (χ0n) is 12.2. The molecule has 1 amide bonds. The number of carbonyl (C=O) groups excluding carboxylic acids is 1. The number of nitrogens with one attached hydrogen (secondary N) is 1. The number of benzene rings is 1. The van der Waals surface area contributed by atoms with Gasteiger partial charge in [-0.2, -0.15) is 0 Å². The largest absolute Gasteiger partial charge is 0.478 e. The second-order valence-electron chi connectivity index (χ2n) is 5.03. The summed E-state index contributed by atoms with van der Waals surface area (Å²) in [6.45, 7) is 4.33. The van der Waals surface area contributed by atoms with Crippen molar-refractivity contribution >= 4 is 50.9 Å². The highest BCUT2D eigenvalue weighted by Crippen LogP contribution is 2.32. The monoisotopic (exact) mass is 336 g/mol. The van der Waals surface area contributed by atoms with Crippen LogP contribution in [0.4, 0.5) is 5.69 Å². The lowest BCUT2D eigenvalue weighted by molar-refractivity contribution is -0.131. The van der Waals surface area contributed by atoms with E-state index in [2.05, 4.69) is 24.1 Å². The Labute approximate surface area is 136 Å². The molecule has 0 aliphatic heterocycles. The Hall–Kier alpha value is -1.86. The Balaban J connectivity index is 2.09. The second-order valence-corrected chi connectivity index (χ2v) is 7.33. The number of hydrogen-bond donors (Lipinski definition) is 2. The number of amides is 1. The van der Waals surface area contributed by atoms with Crippen LogP contribution >= 0.6 is 23.1 Å². The zero-order chi connectivity index (χ0) is 16.1. The van der Waals surface area contributed by atoms with Crippen LogP contribution in [0.2, 0.25) is 0 Å². The highest BCUT2D eigenvalue weighted by molar-refractivity contribution is 8.01. The number of aliphatic carboxylic acids is 1. The molecule has 2 rings (SSSR count). The van der Waals surface area contributed by atoms with Gasteiger partial charge in [0.25, 0.3) is 0 Å². The van der Waals surface area contributed by atoms with Gasteiger partial charge >= 0.3 is 5.97 Å². The van der Waals surface area contributed by atoms with Crippen LogP contribution < -0.4 is 5.32 Å². The molecule has 1 heterocycles. The van der Waals surface area contributed by atoms with Crippen LogP contribution in [0.1, 0.15) is 13.8 Å². The minimum absolute atomic E-state index is 0.472. The van der Waals surface area contributed by atoms with Gasteiger partial charge < -0.3 is 10.4 Å². The summed E-state index contributed by atoms with van der Waals surface area (Å²) in [5.74, 6) is -0.00271. The molecule has 2 N–H and O–H groups in total. The third kappa shape index (κ3) is 4.85. The van der Waals surface area contributed by atoms with Gasteiger partial charge in [0.15, 0.2) is 4.34 Å². The third-order valence-corrected chi connectivity index (χ3v) is 5.14. The minimum atomic E-state index is -1.15. The lowest BCUT2D eigenvalue weighted by Gasteiger charge is -2.00. The van der Waals surface area contributed by atoms with Gasteiger partial charge in [-0.3, -0.25) is 4.79 Å². The molecule has 22 heavy (non-hydrogen) atoms. The lowest BCUT2D eigenvalue weighted by Crippen LogP contribution is -2.08. The van der Waals surface area contributed by atoms with E-state index in [1.807, 2.05) is 12.1 Å². The van der Waals surface area contributed by atoms with Gasteiger partial charge in [0, 0.05) is 23.6 Å². The van der Waals surface area contributed by atoms with Crippen LogP contribution in [0.25, 0.3) is 10.2 Å². The zero-order valence-corrected chi connectivity index (χ0v) is 13.8. The Kier molecular flexibility index (Phi) is 5.57. The summed E-state index contributed by atoms with van der Waals surface area (Å²) in [6, 6.07) is 5.45. The fraction of sp³-hybridized carbons (Fsp3) is 0.267. The number of anilines is 1. The first-order valence-corrected chi connectivity index (χ1v) is 8.49. The maximum absolute atomic E-state index is 11.6. The molecule has 7 heteroatoms. The molecule has 0 saturated carbocycles. The number of thioether (sulfide) groups is 1. The molecule has 1 aromatic carbocycles. The number of carboxylic acids is 1. The Morgan fingerprint density at radius 3 is 2.86 bits per heavy atom. The fourth-order valence-electron chi connectivity index (χ4n) is 1.61. The predicted octanol–water partition coefficient (Wildman–Crippen LogP) is 3.62. The topological polar surface area (TPSA) is 79.3 Å². The maximum Gasteiger partial charge on any atom is 0.328 e. The summed E-state index contributed by atoms with van der Waals surface area (Å²) < 4.78 is 2.00. The first kappa shape index (κ1) is 16.5. The van der Waals surface area contributed by atoms with Crippen LogP contribution in [-0.2, 0) is 9.59 Å². The van der Waals surface area contributed by atoms with Gasteiger partial charge in [0.2, 0.25) is 5.91 Å². The summed E-state index contributed by atoms with van der Waals surface area (Å²) in [7, 11) is 0. The van der Waals surface area contributed by atoms with Crippen molar-refractivity contribution in [3.8, 4) is 0 Å². The quantitative estimate of drug-likeness (QED) is 0.622. The Bertz CT molecular complexity index is 723. The van der Waals surface area contributed by atoms with E-state index in [0.29, 0.717) is 11.6 Å². The van der Waals surface area contributed by atoms with Crippen LogP contribution in [0.3, 0.4) is 0 Å². The molecule has 0 spiro atoms. The normalized spacial score (nSPS) is 11.4. The van der Waals surface area contributed by atoms with Crippen LogP contribution in [0.5, 0.6) is 0 Å². The van der Waals surface area contributed by atoms with Gasteiger partial charge in [-0.25, -0.2) is 9.78 Å². The molecule has 2 aromatic rings. The van der Waals surface area contributed by atoms with Crippen molar-refractivity contribution in [1.82, 2.24) is 4.98 Å². The van der Waals surface area contributed by atoms with E-state index in [1.165, 1.54) is 0 Å². The summed E-state index contributed by atoms with van der Waals surface area (Å²) in [5.41, 5.74) is 1.52. The fourth-order valence-corrected chi connectivity index (χ4v) is 3.70. The molecular weight excluding hydrogens is 320 g/mol. The van der Waals surface area contributed by atoms with E-state index in [0.717, 1.165) is 32.5 Å². The second kappa shape index (κ2) is 7.42. The van der Waals surface area contributed by atoms with E-state index in [9.17, 15) is 9.59 Å². The predicted molar refractivity (Wildman–Crippen MR) is 90.6 cm³/mol.